The number of methoxy groups -OCH3 is 2. The third kappa shape index (κ3) is 18.9. The number of carbonyl (C=O) groups is 6. The van der Waals surface area contributed by atoms with E-state index in [4.69, 9.17) is 56.8 Å². The van der Waals surface area contributed by atoms with Crippen molar-refractivity contribution < 1.29 is 80.6 Å². The van der Waals surface area contributed by atoms with Crippen molar-refractivity contribution >= 4 is 69.0 Å². The average Bonchev–Trinajstić information content (AvgIpc) is 4.24. The second-order valence-electron chi connectivity index (χ2n) is 18.7. The number of carbonyl (C=O) groups excluding carboxylic acids is 6. The summed E-state index contributed by atoms with van der Waals surface area (Å²) < 4.78 is 59.8. The lowest BCUT2D eigenvalue weighted by Crippen LogP contribution is -2.26. The first-order chi connectivity index (χ1) is 38.8. The lowest BCUT2D eigenvalue weighted by molar-refractivity contribution is -0.141. The van der Waals surface area contributed by atoms with E-state index < -0.39 is 11.9 Å². The minimum Gasteiger partial charge on any atom is -0.497 e. The van der Waals surface area contributed by atoms with E-state index in [1.54, 1.807) is 50.6 Å². The molecule has 2 saturated carbocycles. The normalized spacial score (nSPS) is 16.5. The summed E-state index contributed by atoms with van der Waals surface area (Å²) in [5, 5.41) is 1.76. The summed E-state index contributed by atoms with van der Waals surface area (Å²) >= 11 is 1.45. The number of fused-ring (bicyclic) bond motifs is 2. The summed E-state index contributed by atoms with van der Waals surface area (Å²) in [5.41, 5.74) is 3.70. The number of rotatable bonds is 25. The molecule has 6 aromatic rings. The van der Waals surface area contributed by atoms with Gasteiger partial charge < -0.3 is 61.4 Å². The zero-order chi connectivity index (χ0) is 57.2. The number of benzene rings is 4. The first kappa shape index (κ1) is 61.3. The molecule has 18 nitrogen and oxygen atoms in total. The van der Waals surface area contributed by atoms with Crippen LogP contribution in [0.1, 0.15) is 62.5 Å². The Hall–Kier alpha value is -7.87. The van der Waals surface area contributed by atoms with Crippen LogP contribution >= 0.6 is 11.3 Å². The summed E-state index contributed by atoms with van der Waals surface area (Å²) in [6, 6.07) is 23.8. The zero-order valence-corrected chi connectivity index (χ0v) is 46.5. The molecule has 0 spiro atoms. The van der Waals surface area contributed by atoms with Crippen molar-refractivity contribution in [2.75, 3.05) is 67.1 Å². The van der Waals surface area contributed by atoms with E-state index in [-0.39, 0.29) is 55.4 Å². The van der Waals surface area contributed by atoms with Crippen molar-refractivity contribution in [3.63, 3.8) is 0 Å². The average molecular weight is 1120 g/mol. The van der Waals surface area contributed by atoms with Crippen LogP contribution in [0.15, 0.2) is 109 Å². The Kier molecular flexibility index (Phi) is 24.7. The number of aryl methyl sites for hydroxylation is 2. The van der Waals surface area contributed by atoms with Crippen molar-refractivity contribution in [1.82, 2.24) is 4.98 Å². The fraction of sp³-hybridized carbons (Fsp3) is 0.393. The summed E-state index contributed by atoms with van der Waals surface area (Å²) in [7, 11) is 3.22. The molecule has 80 heavy (non-hydrogen) atoms. The van der Waals surface area contributed by atoms with E-state index in [9.17, 15) is 28.8 Å². The molecule has 2 heterocycles. The monoisotopic (exact) mass is 1120 g/mol. The van der Waals surface area contributed by atoms with Crippen LogP contribution in [0.2, 0.25) is 0 Å². The SMILES string of the molecule is C=CC(=O)OCCOCCOc1ccc(OC(=O)C2CCC(C=O)CC2)cc1.C=CC(=O)OCCOCCOc1ccc(OC)cc1.COc1ccc(OC(=O)C2CCC(C=O)CC2)c2nc(-c3cc4c(C)cc(C)cc4o3)sc12. The number of furan rings is 1. The first-order valence-electron chi connectivity index (χ1n) is 26.4. The van der Waals surface area contributed by atoms with Gasteiger partial charge in [0.1, 0.15) is 83.5 Å². The summed E-state index contributed by atoms with van der Waals surface area (Å²) in [6.45, 7) is 13.3. The van der Waals surface area contributed by atoms with Gasteiger partial charge in [-0.05, 0) is 149 Å². The van der Waals surface area contributed by atoms with Crippen LogP contribution in [0, 0.1) is 37.5 Å². The van der Waals surface area contributed by atoms with Gasteiger partial charge in [0.2, 0.25) is 0 Å². The molecule has 0 atom stereocenters. The van der Waals surface area contributed by atoms with Gasteiger partial charge in [-0.15, -0.1) is 11.3 Å². The highest BCUT2D eigenvalue weighted by molar-refractivity contribution is 7.22. The van der Waals surface area contributed by atoms with Crippen LogP contribution < -0.4 is 28.4 Å². The number of esters is 4. The number of aromatic nitrogens is 1. The van der Waals surface area contributed by atoms with Crippen molar-refractivity contribution in [2.45, 2.75) is 65.2 Å². The minimum atomic E-state index is -0.478. The molecule has 2 aliphatic rings. The minimum absolute atomic E-state index is 0.0547. The number of ether oxygens (including phenoxy) is 10. The lowest BCUT2D eigenvalue weighted by Gasteiger charge is -2.23. The molecule has 4 aromatic carbocycles. The van der Waals surface area contributed by atoms with E-state index in [1.807, 2.05) is 43.3 Å². The smallest absolute Gasteiger partial charge is 0.330 e. The molecule has 426 valence electrons. The number of hydrogen-bond donors (Lipinski definition) is 0. The molecule has 0 radical (unpaired) electrons. The van der Waals surface area contributed by atoms with Gasteiger partial charge in [0.25, 0.3) is 0 Å². The third-order valence-corrected chi connectivity index (χ3v) is 14.2. The first-order valence-corrected chi connectivity index (χ1v) is 27.2. The highest BCUT2D eigenvalue weighted by Crippen LogP contribution is 2.43. The molecule has 0 unspecified atom stereocenters. The maximum atomic E-state index is 12.8. The molecule has 0 amide bonds. The maximum Gasteiger partial charge on any atom is 0.330 e. The van der Waals surface area contributed by atoms with Crippen LogP contribution in [-0.2, 0) is 47.7 Å². The van der Waals surface area contributed by atoms with E-state index in [2.05, 4.69) is 26.1 Å². The van der Waals surface area contributed by atoms with Gasteiger partial charge in [-0.25, -0.2) is 14.6 Å². The van der Waals surface area contributed by atoms with Crippen LogP contribution in [0.25, 0.3) is 32.0 Å². The Morgan fingerprint density at radius 1 is 0.588 bits per heavy atom. The molecule has 2 aromatic heterocycles. The van der Waals surface area contributed by atoms with Gasteiger partial charge in [-0.1, -0.05) is 19.2 Å². The highest BCUT2D eigenvalue weighted by Gasteiger charge is 2.30. The van der Waals surface area contributed by atoms with Gasteiger partial charge in [0.05, 0.1) is 52.5 Å². The predicted molar refractivity (Wildman–Crippen MR) is 300 cm³/mol. The molecule has 0 aliphatic heterocycles. The molecule has 19 heteroatoms. The van der Waals surface area contributed by atoms with E-state index in [1.165, 1.54) is 11.3 Å². The molecule has 8 rings (SSSR count). The fourth-order valence-electron chi connectivity index (χ4n) is 8.71. The summed E-state index contributed by atoms with van der Waals surface area (Å²) in [6.07, 6.45) is 9.85. The summed E-state index contributed by atoms with van der Waals surface area (Å²) in [4.78, 5) is 73.2. The number of hydrogen-bond acceptors (Lipinski definition) is 19. The lowest BCUT2D eigenvalue weighted by atomic mass is 9.83. The van der Waals surface area contributed by atoms with Gasteiger partial charge >= 0.3 is 23.9 Å². The topological polar surface area (TPSA) is 221 Å². The van der Waals surface area contributed by atoms with Crippen molar-refractivity contribution in [3.05, 3.63) is 115 Å². The highest BCUT2D eigenvalue weighted by atomic mass is 32.1. The number of thiazole rings is 1. The van der Waals surface area contributed by atoms with Crippen LogP contribution in [0.3, 0.4) is 0 Å². The molecule has 0 bridgehead atoms. The second-order valence-corrected chi connectivity index (χ2v) is 19.7. The third-order valence-electron chi connectivity index (χ3n) is 13.1. The zero-order valence-electron chi connectivity index (χ0n) is 45.6. The Morgan fingerprint density at radius 2 is 1.07 bits per heavy atom. The largest absolute Gasteiger partial charge is 0.497 e. The van der Waals surface area contributed by atoms with Crippen molar-refractivity contribution in [2.24, 2.45) is 23.7 Å². The van der Waals surface area contributed by atoms with Crippen molar-refractivity contribution in [1.29, 1.82) is 0 Å². The van der Waals surface area contributed by atoms with Gasteiger partial charge in [-0.2, -0.15) is 0 Å². The van der Waals surface area contributed by atoms with E-state index in [0.717, 1.165) is 88.7 Å². The number of nitrogens with zero attached hydrogens (tertiary/aromatic N) is 1. The Morgan fingerprint density at radius 3 is 1.57 bits per heavy atom. The fourth-order valence-corrected chi connectivity index (χ4v) is 9.74. The molecule has 0 saturated heterocycles. The van der Waals surface area contributed by atoms with Crippen molar-refractivity contribution in [3.8, 4) is 45.3 Å². The van der Waals surface area contributed by atoms with Gasteiger partial charge in [-0.3, -0.25) is 9.59 Å². The predicted octanol–water partition coefficient (Wildman–Crippen LogP) is 10.8. The second kappa shape index (κ2) is 32.3. The molecule has 0 N–H and O–H groups in total. The van der Waals surface area contributed by atoms with Crippen LogP contribution in [-0.4, -0.2) is 109 Å². The molecule has 2 aliphatic carbocycles. The van der Waals surface area contributed by atoms with Crippen LogP contribution in [0.4, 0.5) is 0 Å². The Bertz CT molecular complexity index is 2980. The molecular weight excluding hydrogens is 1050 g/mol. The van der Waals surface area contributed by atoms with Gasteiger partial charge in [0, 0.05) is 29.4 Å². The summed E-state index contributed by atoms with van der Waals surface area (Å²) in [5.74, 6) is 2.75. The molecular formula is C61H69NO17S. The standard InChI is InChI=1S/C26H25NO5S.C21H26O7.C14H18O5/c1-14-10-15(2)18-12-22(31-21(18)11-14)25-27-23-19(8-9-20(30-3)24(23)33-25)32-26(29)17-6-4-16(13-28)5-7-17;1-2-20(23)27-14-12-25-11-13-26-18-7-9-19(10-8-18)28-21(24)17-5-3-16(15-22)4-6-17;1-3-14(15)19-11-9-17-8-10-18-13-6-4-12(16-2)5-7-13/h8-13,16-17H,4-7H2,1-3H3;2,7-10,15-17H,1,3-6,11-14H2;3-7H,1,8-11H2,2H3. The van der Waals surface area contributed by atoms with E-state index in [0.29, 0.717) is 98.0 Å². The quantitative estimate of drug-likeness (QED) is 0.0171. The number of aldehydes is 2. The molecule has 2 fully saturated rings. The van der Waals surface area contributed by atoms with Crippen LogP contribution in [0.5, 0.6) is 34.5 Å². The Balaban J connectivity index is 0.000000201. The van der Waals surface area contributed by atoms with E-state index >= 15 is 0 Å². The maximum absolute atomic E-state index is 12.8. The van der Waals surface area contributed by atoms with Gasteiger partial charge in [0.15, 0.2) is 16.5 Å². The Labute approximate surface area is 469 Å².